The Bertz CT molecular complexity index is 318. The maximum Gasteiger partial charge on any atom is 0.0466 e. The molecular weight excluding hydrogens is 222 g/mol. The van der Waals surface area contributed by atoms with Crippen molar-refractivity contribution in [3.05, 3.63) is 35.4 Å². The van der Waals surface area contributed by atoms with E-state index in [1.807, 2.05) is 6.92 Å². The summed E-state index contributed by atoms with van der Waals surface area (Å²) in [6.07, 6.45) is 3.05. The van der Waals surface area contributed by atoms with Gasteiger partial charge in [0, 0.05) is 19.3 Å². The lowest BCUT2D eigenvalue weighted by Gasteiger charge is -2.12. The van der Waals surface area contributed by atoms with E-state index in [1.165, 1.54) is 11.1 Å². The van der Waals surface area contributed by atoms with Gasteiger partial charge in [0.1, 0.15) is 0 Å². The predicted octanol–water partition coefficient (Wildman–Crippen LogP) is 3.50. The van der Waals surface area contributed by atoms with Crippen LogP contribution in [0.1, 0.15) is 50.7 Å². The summed E-state index contributed by atoms with van der Waals surface area (Å²) in [6.45, 7) is 8.08. The molecule has 0 saturated carbocycles. The van der Waals surface area contributed by atoms with Crippen LogP contribution in [0.3, 0.4) is 0 Å². The van der Waals surface area contributed by atoms with Gasteiger partial charge in [0.15, 0.2) is 0 Å². The summed E-state index contributed by atoms with van der Waals surface area (Å²) in [5.41, 5.74) is 8.86. The molecule has 1 rings (SSSR count). The second-order valence-electron chi connectivity index (χ2n) is 5.20. The highest BCUT2D eigenvalue weighted by molar-refractivity contribution is 5.25. The van der Waals surface area contributed by atoms with E-state index in [0.29, 0.717) is 5.92 Å². The van der Waals surface area contributed by atoms with E-state index in [9.17, 15) is 0 Å². The second kappa shape index (κ2) is 8.28. The predicted molar refractivity (Wildman–Crippen MR) is 77.9 cm³/mol. The molecule has 0 aliphatic carbocycles. The van der Waals surface area contributed by atoms with Gasteiger partial charge in [-0.05, 0) is 43.2 Å². The van der Waals surface area contributed by atoms with E-state index in [4.69, 9.17) is 10.5 Å². The van der Waals surface area contributed by atoms with Crippen molar-refractivity contribution in [1.82, 2.24) is 0 Å². The van der Waals surface area contributed by atoms with E-state index >= 15 is 0 Å². The molecule has 1 aromatic rings. The van der Waals surface area contributed by atoms with Crippen molar-refractivity contribution < 1.29 is 4.74 Å². The third-order valence-electron chi connectivity index (χ3n) is 3.21. The third-order valence-corrected chi connectivity index (χ3v) is 3.21. The van der Waals surface area contributed by atoms with Gasteiger partial charge >= 0.3 is 0 Å². The van der Waals surface area contributed by atoms with Crippen LogP contribution in [0.25, 0.3) is 0 Å². The van der Waals surface area contributed by atoms with Crippen LogP contribution in [-0.2, 0) is 11.2 Å². The SMILES string of the molecule is CCOCCCC(N)Cc1ccc(C(C)C)cc1. The number of ether oxygens (including phenoxy) is 1. The van der Waals surface area contributed by atoms with E-state index in [1.54, 1.807) is 0 Å². The molecule has 0 bridgehead atoms. The fourth-order valence-corrected chi connectivity index (χ4v) is 2.04. The Morgan fingerprint density at radius 1 is 1.17 bits per heavy atom. The zero-order chi connectivity index (χ0) is 13.4. The van der Waals surface area contributed by atoms with Crippen molar-refractivity contribution in [3.8, 4) is 0 Å². The van der Waals surface area contributed by atoms with E-state index in [0.717, 1.165) is 32.5 Å². The van der Waals surface area contributed by atoms with Crippen LogP contribution in [0.2, 0.25) is 0 Å². The van der Waals surface area contributed by atoms with Gasteiger partial charge in [0.25, 0.3) is 0 Å². The molecule has 18 heavy (non-hydrogen) atoms. The van der Waals surface area contributed by atoms with Crippen molar-refractivity contribution >= 4 is 0 Å². The first kappa shape index (κ1) is 15.2. The number of hydrogen-bond donors (Lipinski definition) is 1. The molecular formula is C16H27NO. The molecule has 0 aliphatic rings. The molecule has 2 nitrogen and oxygen atoms in total. The van der Waals surface area contributed by atoms with Crippen LogP contribution in [0.15, 0.2) is 24.3 Å². The van der Waals surface area contributed by atoms with Crippen molar-refractivity contribution in [2.75, 3.05) is 13.2 Å². The summed E-state index contributed by atoms with van der Waals surface area (Å²) < 4.78 is 5.32. The van der Waals surface area contributed by atoms with Gasteiger partial charge in [0.2, 0.25) is 0 Å². The minimum atomic E-state index is 0.246. The van der Waals surface area contributed by atoms with E-state index in [2.05, 4.69) is 38.1 Å². The zero-order valence-corrected chi connectivity index (χ0v) is 12.0. The van der Waals surface area contributed by atoms with Crippen molar-refractivity contribution in [3.63, 3.8) is 0 Å². The Morgan fingerprint density at radius 2 is 1.83 bits per heavy atom. The maximum atomic E-state index is 6.13. The third kappa shape index (κ3) is 5.65. The van der Waals surface area contributed by atoms with Gasteiger partial charge < -0.3 is 10.5 Å². The molecule has 0 aromatic heterocycles. The Hall–Kier alpha value is -0.860. The highest BCUT2D eigenvalue weighted by Gasteiger charge is 2.05. The van der Waals surface area contributed by atoms with Crippen LogP contribution in [0.4, 0.5) is 0 Å². The minimum Gasteiger partial charge on any atom is -0.382 e. The van der Waals surface area contributed by atoms with Crippen molar-refractivity contribution in [2.24, 2.45) is 5.73 Å². The molecule has 0 amide bonds. The fraction of sp³-hybridized carbons (Fsp3) is 0.625. The number of rotatable bonds is 8. The van der Waals surface area contributed by atoms with E-state index < -0.39 is 0 Å². The van der Waals surface area contributed by atoms with Crippen LogP contribution < -0.4 is 5.73 Å². The highest BCUT2D eigenvalue weighted by atomic mass is 16.5. The molecule has 1 atom stereocenters. The standard InChI is InChI=1S/C16H27NO/c1-4-18-11-5-6-16(17)12-14-7-9-15(10-8-14)13(2)3/h7-10,13,16H,4-6,11-12,17H2,1-3H3. The topological polar surface area (TPSA) is 35.2 Å². The normalized spacial score (nSPS) is 12.9. The molecule has 0 heterocycles. The first-order chi connectivity index (χ1) is 8.63. The van der Waals surface area contributed by atoms with Gasteiger partial charge in [-0.3, -0.25) is 0 Å². The molecule has 2 N–H and O–H groups in total. The quantitative estimate of drug-likeness (QED) is 0.716. The van der Waals surface area contributed by atoms with E-state index in [-0.39, 0.29) is 6.04 Å². The monoisotopic (exact) mass is 249 g/mol. The number of benzene rings is 1. The molecule has 102 valence electrons. The summed E-state index contributed by atoms with van der Waals surface area (Å²) >= 11 is 0. The minimum absolute atomic E-state index is 0.246. The van der Waals surface area contributed by atoms with Gasteiger partial charge in [-0.2, -0.15) is 0 Å². The molecule has 1 aromatic carbocycles. The first-order valence-corrected chi connectivity index (χ1v) is 7.05. The molecule has 0 radical (unpaired) electrons. The van der Waals surface area contributed by atoms with Gasteiger partial charge in [0.05, 0.1) is 0 Å². The molecule has 0 fully saturated rings. The molecule has 1 unspecified atom stereocenters. The van der Waals surface area contributed by atoms with Crippen molar-refractivity contribution in [2.45, 2.75) is 52.0 Å². The zero-order valence-electron chi connectivity index (χ0n) is 12.0. The van der Waals surface area contributed by atoms with Crippen LogP contribution >= 0.6 is 0 Å². The van der Waals surface area contributed by atoms with Crippen LogP contribution in [0.5, 0.6) is 0 Å². The average Bonchev–Trinajstić information content (AvgIpc) is 2.35. The highest BCUT2D eigenvalue weighted by Crippen LogP contribution is 2.15. The Kier molecular flexibility index (Phi) is 6.99. The smallest absolute Gasteiger partial charge is 0.0466 e. The van der Waals surface area contributed by atoms with Gasteiger partial charge in [-0.25, -0.2) is 0 Å². The lowest BCUT2D eigenvalue weighted by Crippen LogP contribution is -2.23. The lowest BCUT2D eigenvalue weighted by molar-refractivity contribution is 0.142. The van der Waals surface area contributed by atoms with Crippen molar-refractivity contribution in [1.29, 1.82) is 0 Å². The lowest BCUT2D eigenvalue weighted by atomic mass is 9.98. The summed E-state index contributed by atoms with van der Waals surface area (Å²) in [6, 6.07) is 9.09. The van der Waals surface area contributed by atoms with Crippen LogP contribution in [-0.4, -0.2) is 19.3 Å². The summed E-state index contributed by atoms with van der Waals surface area (Å²) in [5.74, 6) is 0.596. The second-order valence-corrected chi connectivity index (χ2v) is 5.20. The summed E-state index contributed by atoms with van der Waals surface area (Å²) in [4.78, 5) is 0. The molecule has 0 spiro atoms. The molecule has 0 saturated heterocycles. The maximum absolute atomic E-state index is 6.13. The molecule has 2 heteroatoms. The number of nitrogens with two attached hydrogens (primary N) is 1. The fourth-order valence-electron chi connectivity index (χ4n) is 2.04. The first-order valence-electron chi connectivity index (χ1n) is 7.05. The largest absolute Gasteiger partial charge is 0.382 e. The molecule has 0 aliphatic heterocycles. The van der Waals surface area contributed by atoms with Gasteiger partial charge in [-0.15, -0.1) is 0 Å². The summed E-state index contributed by atoms with van der Waals surface area (Å²) in [7, 11) is 0. The Balaban J connectivity index is 2.32. The van der Waals surface area contributed by atoms with Gasteiger partial charge in [-0.1, -0.05) is 38.1 Å². The number of hydrogen-bond acceptors (Lipinski definition) is 2. The summed E-state index contributed by atoms with van der Waals surface area (Å²) in [5, 5.41) is 0. The Labute approximate surface area is 112 Å². The Morgan fingerprint density at radius 3 is 2.39 bits per heavy atom. The van der Waals surface area contributed by atoms with Crippen LogP contribution in [0, 0.1) is 0 Å². The average molecular weight is 249 g/mol.